The van der Waals surface area contributed by atoms with Gasteiger partial charge in [-0.2, -0.15) is 0 Å². The molecule has 0 spiro atoms. The molecule has 0 amide bonds. The molecule has 0 radical (unpaired) electrons. The highest BCUT2D eigenvalue weighted by molar-refractivity contribution is 5.01. The van der Waals surface area contributed by atoms with Gasteiger partial charge in [0.15, 0.2) is 18.9 Å². The highest BCUT2D eigenvalue weighted by atomic mass is 16.8. The highest BCUT2D eigenvalue weighted by Crippen LogP contribution is 2.35. The maximum atomic E-state index is 11.1. The molecule has 0 aromatic rings. The predicted molar refractivity (Wildman–Crippen MR) is 123 cm³/mol. The second-order valence-electron chi connectivity index (χ2n) is 10.3. The van der Waals surface area contributed by atoms with Crippen molar-refractivity contribution in [2.45, 2.75) is 117 Å². The third-order valence-electron chi connectivity index (χ3n) is 7.74. The van der Waals surface area contributed by atoms with Crippen LogP contribution < -0.4 is 28.3 Å². The minimum Gasteiger partial charge on any atom is -0.394 e. The fraction of sp³-hybridized carbons (Fsp3) is 1.00. The summed E-state index contributed by atoms with van der Waals surface area (Å²) in [6.45, 7) is -0.508. The first-order valence-electron chi connectivity index (χ1n) is 12.5. The van der Waals surface area contributed by atoms with E-state index in [4.69, 9.17) is 46.6 Å². The predicted octanol–water partition coefficient (Wildman–Crippen LogP) is -6.95. The van der Waals surface area contributed by atoms with Crippen LogP contribution in [-0.4, -0.2) is 148 Å². The molecule has 1 aliphatic carbocycles. The Morgan fingerprint density at radius 2 is 1.43 bits per heavy atom. The van der Waals surface area contributed by atoms with Crippen LogP contribution in [0.3, 0.4) is 0 Å². The summed E-state index contributed by atoms with van der Waals surface area (Å²) in [5.74, 6) is 0. The molecule has 4 aliphatic rings. The molecule has 216 valence electrons. The topological polar surface area (TPSA) is 284 Å². The van der Waals surface area contributed by atoms with E-state index >= 15 is 0 Å². The van der Waals surface area contributed by atoms with E-state index in [1.807, 2.05) is 0 Å². The summed E-state index contributed by atoms with van der Waals surface area (Å²) in [7, 11) is 1.55. The number of hydrogen-bond acceptors (Lipinski definition) is 16. The van der Waals surface area contributed by atoms with Gasteiger partial charge in [0.2, 0.25) is 0 Å². The van der Waals surface area contributed by atoms with E-state index in [0.717, 1.165) is 0 Å². The summed E-state index contributed by atoms with van der Waals surface area (Å²) in [6, 6.07) is -4.05. The average molecular weight is 540 g/mol. The summed E-state index contributed by atoms with van der Waals surface area (Å²) in [5, 5.41) is 64.7. The SMILES string of the molecule is CN[C@@H]1[C@H](O[C@@H]2O[C@H](CO)[C@H](N)[C@H](O)[C@@H]2O)O[C@@H]2C[C@H](N)[C@H](O[C@H]3[C@@H](O)[C@@H](O)[C@@H](N)C[C@H]3N)O[C@@H]2[C@@H]1O. The second kappa shape index (κ2) is 11.8. The Hall–Kier alpha value is -0.640. The third-order valence-corrected chi connectivity index (χ3v) is 7.74. The standard InChI is InChI=1S/C21H41N5O11/c1-26-11-14(30)18-8(33-20(11)37-21-16(32)13(29)10(25)9(4-27)34-21)3-7(24)19(36-18)35-17-6(23)2-5(22)12(28)15(17)31/h5-21,26-32H,2-4,22-25H2,1H3/t5-,6+,7-,8+,9+,10-,11-,12-,13-,14+,15-,16-,17+,18-,19+,20-,21-/m0/s1. The molecule has 0 aromatic heterocycles. The molecule has 0 unspecified atom stereocenters. The lowest BCUT2D eigenvalue weighted by molar-refractivity contribution is -0.373. The van der Waals surface area contributed by atoms with Gasteiger partial charge in [0.05, 0.1) is 36.9 Å². The van der Waals surface area contributed by atoms with Gasteiger partial charge in [-0.25, -0.2) is 0 Å². The molecule has 4 fully saturated rings. The minimum absolute atomic E-state index is 0.156. The monoisotopic (exact) mass is 539 g/mol. The van der Waals surface area contributed by atoms with Crippen molar-refractivity contribution in [3.05, 3.63) is 0 Å². The van der Waals surface area contributed by atoms with E-state index < -0.39 is 111 Å². The van der Waals surface area contributed by atoms with E-state index in [1.54, 1.807) is 7.05 Å². The lowest BCUT2D eigenvalue weighted by Crippen LogP contribution is -2.70. The zero-order chi connectivity index (χ0) is 27.2. The van der Waals surface area contributed by atoms with Gasteiger partial charge in [0.25, 0.3) is 0 Å². The van der Waals surface area contributed by atoms with E-state index in [-0.39, 0.29) is 12.8 Å². The maximum Gasteiger partial charge on any atom is 0.189 e. The van der Waals surface area contributed by atoms with Crippen molar-refractivity contribution in [2.24, 2.45) is 22.9 Å². The third kappa shape index (κ3) is 5.66. The Morgan fingerprint density at radius 1 is 0.730 bits per heavy atom. The van der Waals surface area contributed by atoms with Crippen LogP contribution in [0.25, 0.3) is 0 Å². The van der Waals surface area contributed by atoms with Crippen LogP contribution in [0, 0.1) is 0 Å². The van der Waals surface area contributed by atoms with Crippen molar-refractivity contribution in [3.8, 4) is 0 Å². The summed E-state index contributed by atoms with van der Waals surface area (Å²) in [6.07, 6.45) is -13.7. The number of fused-ring (bicyclic) bond motifs is 1. The lowest BCUT2D eigenvalue weighted by Gasteiger charge is -2.51. The Balaban J connectivity index is 1.43. The second-order valence-corrected chi connectivity index (χ2v) is 10.3. The van der Waals surface area contributed by atoms with Crippen molar-refractivity contribution in [2.75, 3.05) is 13.7 Å². The van der Waals surface area contributed by atoms with E-state index in [9.17, 15) is 30.6 Å². The van der Waals surface area contributed by atoms with Crippen LogP contribution in [-0.2, 0) is 23.7 Å². The van der Waals surface area contributed by atoms with Gasteiger partial charge >= 0.3 is 0 Å². The van der Waals surface area contributed by atoms with Gasteiger partial charge in [-0.1, -0.05) is 0 Å². The largest absolute Gasteiger partial charge is 0.394 e. The van der Waals surface area contributed by atoms with Crippen LogP contribution in [0.4, 0.5) is 0 Å². The molecule has 16 heteroatoms. The number of nitrogens with one attached hydrogen (secondary N) is 1. The number of rotatable bonds is 6. The maximum absolute atomic E-state index is 11.1. The number of nitrogens with two attached hydrogens (primary N) is 4. The number of likely N-dealkylation sites (N-methyl/N-ethyl adjacent to an activating group) is 1. The fourth-order valence-electron chi connectivity index (χ4n) is 5.46. The van der Waals surface area contributed by atoms with Crippen molar-refractivity contribution in [1.29, 1.82) is 0 Å². The molecule has 37 heavy (non-hydrogen) atoms. The van der Waals surface area contributed by atoms with Gasteiger partial charge in [-0.15, -0.1) is 0 Å². The minimum atomic E-state index is -1.54. The first-order chi connectivity index (χ1) is 17.5. The summed E-state index contributed by atoms with van der Waals surface area (Å²) >= 11 is 0. The number of aliphatic hydroxyl groups excluding tert-OH is 6. The van der Waals surface area contributed by atoms with Gasteiger partial charge in [-0.3, -0.25) is 0 Å². The Bertz CT molecular complexity index is 756. The Morgan fingerprint density at radius 3 is 2.08 bits per heavy atom. The van der Waals surface area contributed by atoms with Gasteiger partial charge in [0, 0.05) is 12.1 Å². The van der Waals surface area contributed by atoms with Crippen molar-refractivity contribution >= 4 is 0 Å². The molecule has 3 aliphatic heterocycles. The number of hydrogen-bond donors (Lipinski definition) is 11. The first-order valence-corrected chi connectivity index (χ1v) is 12.5. The van der Waals surface area contributed by atoms with Crippen molar-refractivity contribution < 1.29 is 54.3 Å². The molecule has 15 N–H and O–H groups in total. The molecule has 0 bridgehead atoms. The Kier molecular flexibility index (Phi) is 9.40. The van der Waals surface area contributed by atoms with Gasteiger partial charge in [-0.05, 0) is 19.9 Å². The van der Waals surface area contributed by atoms with Crippen molar-refractivity contribution in [1.82, 2.24) is 5.32 Å². The Labute approximate surface area is 213 Å². The molecule has 17 atom stereocenters. The van der Waals surface area contributed by atoms with Crippen LogP contribution in [0.15, 0.2) is 0 Å². The first kappa shape index (κ1) is 29.3. The van der Waals surface area contributed by atoms with Crippen LogP contribution >= 0.6 is 0 Å². The zero-order valence-corrected chi connectivity index (χ0v) is 20.5. The highest BCUT2D eigenvalue weighted by Gasteiger charge is 2.54. The molecule has 0 aromatic carbocycles. The molecule has 16 nitrogen and oxygen atoms in total. The molecule has 1 saturated carbocycles. The average Bonchev–Trinajstić information content (AvgIpc) is 2.86. The van der Waals surface area contributed by atoms with Crippen LogP contribution in [0.1, 0.15) is 12.8 Å². The fourth-order valence-corrected chi connectivity index (χ4v) is 5.46. The quantitative estimate of drug-likeness (QED) is 0.149. The lowest BCUT2D eigenvalue weighted by atomic mass is 9.84. The molecular weight excluding hydrogens is 498 g/mol. The smallest absolute Gasteiger partial charge is 0.189 e. The molecule has 3 saturated heterocycles. The zero-order valence-electron chi connectivity index (χ0n) is 20.5. The van der Waals surface area contributed by atoms with E-state index in [2.05, 4.69) is 5.32 Å². The summed E-state index contributed by atoms with van der Waals surface area (Å²) in [4.78, 5) is 0. The molecular formula is C21H41N5O11. The van der Waals surface area contributed by atoms with Gasteiger partial charge in [0.1, 0.15) is 42.7 Å². The summed E-state index contributed by atoms with van der Waals surface area (Å²) in [5.41, 5.74) is 24.0. The van der Waals surface area contributed by atoms with Crippen molar-refractivity contribution in [3.63, 3.8) is 0 Å². The molecule has 3 heterocycles. The summed E-state index contributed by atoms with van der Waals surface area (Å²) < 4.78 is 29.2. The number of ether oxygens (including phenoxy) is 5. The normalized spacial score (nSPS) is 55.1. The van der Waals surface area contributed by atoms with E-state index in [1.165, 1.54) is 0 Å². The molecule has 4 rings (SSSR count). The van der Waals surface area contributed by atoms with E-state index in [0.29, 0.717) is 0 Å². The van der Waals surface area contributed by atoms with Gasteiger partial charge < -0.3 is 82.6 Å². The number of aliphatic hydroxyl groups is 6. The van der Waals surface area contributed by atoms with Crippen LogP contribution in [0.2, 0.25) is 0 Å². The van der Waals surface area contributed by atoms with Crippen LogP contribution in [0.5, 0.6) is 0 Å².